The fourth-order valence-corrected chi connectivity index (χ4v) is 7.53. The highest BCUT2D eigenvalue weighted by molar-refractivity contribution is 5.90. The van der Waals surface area contributed by atoms with Crippen molar-refractivity contribution in [3.8, 4) is 5.75 Å². The number of methoxy groups -OCH3 is 1. The van der Waals surface area contributed by atoms with E-state index in [1.54, 1.807) is 7.11 Å². The van der Waals surface area contributed by atoms with E-state index >= 15 is 0 Å². The Balaban J connectivity index is 1.39. The molecule has 39 heavy (non-hydrogen) atoms. The first-order chi connectivity index (χ1) is 19.0. The fraction of sp³-hybridized carbons (Fsp3) is 0.667. The van der Waals surface area contributed by atoms with Gasteiger partial charge in [0, 0.05) is 87.5 Å². The quantitative estimate of drug-likeness (QED) is 0.643. The molecule has 0 radical (unpaired) electrons. The van der Waals surface area contributed by atoms with Crippen LogP contribution in [0.15, 0.2) is 18.2 Å². The molecule has 2 aromatic rings. The summed E-state index contributed by atoms with van der Waals surface area (Å²) in [5, 5.41) is 11.9. The zero-order valence-corrected chi connectivity index (χ0v) is 23.2. The van der Waals surface area contributed by atoms with Crippen LogP contribution in [0.5, 0.6) is 5.75 Å². The Hall–Kier alpha value is -2.62. The Morgan fingerprint density at radius 1 is 1.00 bits per heavy atom. The average molecular weight is 540 g/mol. The number of aliphatic hydroxyl groups excluding tert-OH is 1. The lowest BCUT2D eigenvalue weighted by atomic mass is 9.67. The van der Waals surface area contributed by atoms with E-state index in [0.29, 0.717) is 58.9 Å². The lowest BCUT2D eigenvalue weighted by molar-refractivity contribution is -0.147. The van der Waals surface area contributed by atoms with Crippen LogP contribution in [0.25, 0.3) is 10.9 Å². The zero-order chi connectivity index (χ0) is 27.1. The zero-order valence-electron chi connectivity index (χ0n) is 23.2. The molecule has 1 N–H and O–H groups in total. The highest BCUT2D eigenvalue weighted by Gasteiger charge is 2.50. The summed E-state index contributed by atoms with van der Waals surface area (Å²) in [7, 11) is 3.70. The van der Waals surface area contributed by atoms with Gasteiger partial charge in [0.15, 0.2) is 0 Å². The van der Waals surface area contributed by atoms with Crippen LogP contribution in [0.1, 0.15) is 55.8 Å². The summed E-state index contributed by atoms with van der Waals surface area (Å²) in [5.74, 6) is 1.10. The number of amides is 2. The number of rotatable bonds is 4. The van der Waals surface area contributed by atoms with E-state index < -0.39 is 6.04 Å². The molecule has 3 fully saturated rings. The molecule has 4 aliphatic rings. The van der Waals surface area contributed by atoms with Crippen LogP contribution >= 0.6 is 0 Å². The second-order valence-corrected chi connectivity index (χ2v) is 11.7. The van der Waals surface area contributed by atoms with Crippen LogP contribution < -0.4 is 4.74 Å². The predicted molar refractivity (Wildman–Crippen MR) is 146 cm³/mol. The largest absolute Gasteiger partial charge is 0.497 e. The number of fused-ring (bicyclic) bond motifs is 4. The molecule has 4 aliphatic heterocycles. The second-order valence-electron chi connectivity index (χ2n) is 11.7. The van der Waals surface area contributed by atoms with Gasteiger partial charge in [0.1, 0.15) is 5.75 Å². The van der Waals surface area contributed by atoms with Gasteiger partial charge < -0.3 is 33.7 Å². The number of likely N-dealkylation sites (tertiary alicyclic amines) is 1. The van der Waals surface area contributed by atoms with Crippen molar-refractivity contribution < 1.29 is 28.9 Å². The standard InChI is InChI=1S/C30H41N3O6/c1-31-24-17-22(37-2)3-4-23(24)26-27(31)25(18-34)33(29(36)21-7-15-39-16-8-21)19-30(26)9-11-32(12-10-30)28(35)20-5-13-38-14-6-20/h3-4,17,20-21,25,34H,5-16,18-19H2,1-2H3/t25-/m0/s1. The van der Waals surface area contributed by atoms with Crippen molar-refractivity contribution in [2.75, 3.05) is 59.8 Å². The first kappa shape index (κ1) is 26.6. The Kier molecular flexibility index (Phi) is 7.33. The number of benzene rings is 1. The highest BCUT2D eigenvalue weighted by atomic mass is 16.5. The Morgan fingerprint density at radius 3 is 2.21 bits per heavy atom. The van der Waals surface area contributed by atoms with Gasteiger partial charge in [0.2, 0.25) is 11.8 Å². The number of aryl methyl sites for hydroxylation is 1. The molecule has 5 heterocycles. The summed E-state index contributed by atoms with van der Waals surface area (Å²) in [5.41, 5.74) is 2.99. The van der Waals surface area contributed by atoms with E-state index in [4.69, 9.17) is 14.2 Å². The molecule has 0 saturated carbocycles. The van der Waals surface area contributed by atoms with Crippen LogP contribution in [-0.2, 0) is 31.5 Å². The van der Waals surface area contributed by atoms with Crippen molar-refractivity contribution >= 4 is 22.7 Å². The number of ether oxygens (including phenoxy) is 3. The van der Waals surface area contributed by atoms with Gasteiger partial charge in [0.05, 0.1) is 25.3 Å². The van der Waals surface area contributed by atoms with Crippen molar-refractivity contribution in [2.24, 2.45) is 18.9 Å². The molecule has 0 bridgehead atoms. The fourth-order valence-electron chi connectivity index (χ4n) is 7.53. The van der Waals surface area contributed by atoms with E-state index in [9.17, 15) is 14.7 Å². The third kappa shape index (κ3) is 4.52. The maximum absolute atomic E-state index is 14.0. The van der Waals surface area contributed by atoms with Crippen molar-refractivity contribution in [1.29, 1.82) is 0 Å². The van der Waals surface area contributed by atoms with E-state index in [1.807, 2.05) is 29.0 Å². The van der Waals surface area contributed by atoms with Crippen LogP contribution in [0.3, 0.4) is 0 Å². The summed E-state index contributed by atoms with van der Waals surface area (Å²) in [6.07, 6.45) is 4.59. The molecule has 0 unspecified atom stereocenters. The smallest absolute Gasteiger partial charge is 0.226 e. The predicted octanol–water partition coefficient (Wildman–Crippen LogP) is 2.78. The Bertz CT molecular complexity index is 1220. The average Bonchev–Trinajstić information content (AvgIpc) is 3.30. The first-order valence-electron chi connectivity index (χ1n) is 14.5. The number of nitrogens with zero attached hydrogens (tertiary/aromatic N) is 3. The summed E-state index contributed by atoms with van der Waals surface area (Å²) in [6.45, 7) is 4.28. The summed E-state index contributed by atoms with van der Waals surface area (Å²) in [6, 6.07) is 5.75. The summed E-state index contributed by atoms with van der Waals surface area (Å²) < 4.78 is 18.7. The molecular weight excluding hydrogens is 498 g/mol. The molecule has 1 aromatic heterocycles. The molecule has 3 saturated heterocycles. The lowest BCUT2D eigenvalue weighted by Gasteiger charge is -2.51. The van der Waals surface area contributed by atoms with Gasteiger partial charge in [-0.1, -0.05) is 0 Å². The van der Waals surface area contributed by atoms with Crippen molar-refractivity contribution in [1.82, 2.24) is 14.4 Å². The highest BCUT2D eigenvalue weighted by Crippen LogP contribution is 2.50. The third-order valence-corrected chi connectivity index (χ3v) is 9.78. The summed E-state index contributed by atoms with van der Waals surface area (Å²) in [4.78, 5) is 31.4. The number of aromatic nitrogens is 1. The molecule has 9 nitrogen and oxygen atoms in total. The second kappa shape index (κ2) is 10.7. The van der Waals surface area contributed by atoms with Crippen molar-refractivity contribution in [3.63, 3.8) is 0 Å². The Labute approximate surface area is 230 Å². The molecule has 212 valence electrons. The van der Waals surface area contributed by atoms with Gasteiger partial charge in [-0.25, -0.2) is 0 Å². The molecule has 6 rings (SSSR count). The maximum Gasteiger partial charge on any atom is 0.226 e. The van der Waals surface area contributed by atoms with Crippen LogP contribution in [0, 0.1) is 11.8 Å². The molecule has 1 aromatic carbocycles. The minimum atomic E-state index is -0.411. The van der Waals surface area contributed by atoms with E-state index in [0.717, 1.165) is 48.0 Å². The number of piperidine rings is 1. The van der Waals surface area contributed by atoms with Crippen LogP contribution in [0.2, 0.25) is 0 Å². The van der Waals surface area contributed by atoms with Gasteiger partial charge in [-0.05, 0) is 56.2 Å². The normalized spacial score (nSPS) is 24.2. The number of hydrogen-bond donors (Lipinski definition) is 1. The van der Waals surface area contributed by atoms with E-state index in [2.05, 4.69) is 10.6 Å². The molecule has 9 heteroatoms. The van der Waals surface area contributed by atoms with Gasteiger partial charge in [-0.2, -0.15) is 0 Å². The first-order valence-corrected chi connectivity index (χ1v) is 14.5. The SMILES string of the molecule is COc1ccc2c3c(n(C)c2c1)[C@H](CO)N(C(=O)C1CCOCC1)CC31CCN(C(=O)C2CCOCC2)CC1. The van der Waals surface area contributed by atoms with E-state index in [-0.39, 0.29) is 35.7 Å². The molecule has 1 atom stereocenters. The number of carbonyl (C=O) groups excluding carboxylic acids is 2. The molecular formula is C30H41N3O6. The topological polar surface area (TPSA) is 93.5 Å². The van der Waals surface area contributed by atoms with Crippen molar-refractivity contribution in [2.45, 2.75) is 50.0 Å². The number of aliphatic hydroxyl groups is 1. The van der Waals surface area contributed by atoms with Gasteiger partial charge >= 0.3 is 0 Å². The third-order valence-electron chi connectivity index (χ3n) is 9.78. The van der Waals surface area contributed by atoms with E-state index in [1.165, 1.54) is 5.56 Å². The number of hydrogen-bond acceptors (Lipinski definition) is 6. The molecule has 2 amide bonds. The minimum Gasteiger partial charge on any atom is -0.497 e. The lowest BCUT2D eigenvalue weighted by Crippen LogP contribution is -2.57. The maximum atomic E-state index is 14.0. The van der Waals surface area contributed by atoms with Gasteiger partial charge in [0.25, 0.3) is 0 Å². The van der Waals surface area contributed by atoms with Gasteiger partial charge in [-0.3, -0.25) is 9.59 Å². The van der Waals surface area contributed by atoms with Gasteiger partial charge in [-0.15, -0.1) is 0 Å². The molecule has 1 spiro atoms. The summed E-state index contributed by atoms with van der Waals surface area (Å²) >= 11 is 0. The minimum absolute atomic E-state index is 0.0464. The van der Waals surface area contributed by atoms with Crippen LogP contribution in [-0.4, -0.2) is 91.1 Å². The monoisotopic (exact) mass is 539 g/mol. The molecule has 0 aliphatic carbocycles. The van der Waals surface area contributed by atoms with Crippen molar-refractivity contribution in [3.05, 3.63) is 29.5 Å². The number of carbonyl (C=O) groups is 2. The Morgan fingerprint density at radius 2 is 1.62 bits per heavy atom. The van der Waals surface area contributed by atoms with Crippen LogP contribution in [0.4, 0.5) is 0 Å².